The van der Waals surface area contributed by atoms with Gasteiger partial charge in [0.05, 0.1) is 0 Å². The fraction of sp³-hybridized carbons (Fsp3) is 0.438. The van der Waals surface area contributed by atoms with Gasteiger partial charge in [0, 0.05) is 12.1 Å². The van der Waals surface area contributed by atoms with Gasteiger partial charge in [-0.1, -0.05) is 18.2 Å². The normalized spacial score (nSPS) is 23.8. The highest BCUT2D eigenvalue weighted by Gasteiger charge is 2.56. The van der Waals surface area contributed by atoms with Gasteiger partial charge in [0.15, 0.2) is 0 Å². The van der Waals surface area contributed by atoms with E-state index in [9.17, 15) is 18.8 Å². The first kappa shape index (κ1) is 15.5. The lowest BCUT2D eigenvalue weighted by Crippen LogP contribution is -2.47. The standard InChI is InChI=1S/C16H18FN3O3/c1-16(11-6-7-11)14(22)20(15(23)19-16)9-13(21)18-8-10-4-2-3-5-12(10)17/h2-5,11H,6-9H2,1H3,(H,18,21)(H,19,23)/t16-/m1/s1. The molecular weight excluding hydrogens is 301 g/mol. The van der Waals surface area contributed by atoms with E-state index >= 15 is 0 Å². The summed E-state index contributed by atoms with van der Waals surface area (Å²) in [6.45, 7) is 1.35. The third-order valence-corrected chi connectivity index (χ3v) is 4.43. The molecule has 1 aromatic rings. The summed E-state index contributed by atoms with van der Waals surface area (Å²) in [6, 6.07) is 5.55. The zero-order valence-corrected chi connectivity index (χ0v) is 12.8. The Morgan fingerprint density at radius 1 is 1.39 bits per heavy atom. The van der Waals surface area contributed by atoms with Crippen LogP contribution in [0.5, 0.6) is 0 Å². The molecule has 0 bridgehead atoms. The Balaban J connectivity index is 1.59. The van der Waals surface area contributed by atoms with Crippen LogP contribution in [-0.4, -0.2) is 34.8 Å². The Bertz CT molecular complexity index is 674. The fourth-order valence-electron chi connectivity index (χ4n) is 2.83. The molecule has 3 rings (SSSR count). The smallest absolute Gasteiger partial charge is 0.325 e. The molecule has 2 fully saturated rings. The quantitative estimate of drug-likeness (QED) is 0.800. The first-order chi connectivity index (χ1) is 10.9. The van der Waals surface area contributed by atoms with Crippen molar-refractivity contribution in [2.45, 2.75) is 31.8 Å². The summed E-state index contributed by atoms with van der Waals surface area (Å²) in [4.78, 5) is 37.2. The molecule has 2 aliphatic rings. The van der Waals surface area contributed by atoms with Crippen molar-refractivity contribution in [3.05, 3.63) is 35.6 Å². The Labute approximate surface area is 133 Å². The lowest BCUT2D eigenvalue weighted by atomic mass is 9.96. The second-order valence-electron chi connectivity index (χ2n) is 6.17. The molecule has 0 spiro atoms. The van der Waals surface area contributed by atoms with Gasteiger partial charge in [-0.15, -0.1) is 0 Å². The van der Waals surface area contributed by atoms with Crippen molar-refractivity contribution < 1.29 is 18.8 Å². The zero-order chi connectivity index (χ0) is 16.6. The maximum atomic E-state index is 13.5. The lowest BCUT2D eigenvalue weighted by Gasteiger charge is -2.20. The van der Waals surface area contributed by atoms with Gasteiger partial charge in [0.25, 0.3) is 5.91 Å². The zero-order valence-electron chi connectivity index (χ0n) is 12.8. The number of urea groups is 1. The van der Waals surface area contributed by atoms with E-state index < -0.39 is 23.3 Å². The molecule has 1 atom stereocenters. The maximum Gasteiger partial charge on any atom is 0.325 e. The van der Waals surface area contributed by atoms with Gasteiger partial charge in [0.1, 0.15) is 17.9 Å². The minimum absolute atomic E-state index is 0.00898. The highest BCUT2D eigenvalue weighted by molar-refractivity contribution is 6.09. The number of hydrogen-bond acceptors (Lipinski definition) is 3. The first-order valence-corrected chi connectivity index (χ1v) is 7.56. The Kier molecular flexibility index (Phi) is 3.79. The van der Waals surface area contributed by atoms with Crippen molar-refractivity contribution in [3.8, 4) is 0 Å². The molecule has 1 aliphatic carbocycles. The van der Waals surface area contributed by atoms with Crippen LogP contribution in [0.1, 0.15) is 25.3 Å². The summed E-state index contributed by atoms with van der Waals surface area (Å²) >= 11 is 0. The minimum atomic E-state index is -0.900. The van der Waals surface area contributed by atoms with Crippen LogP contribution in [-0.2, 0) is 16.1 Å². The average Bonchev–Trinajstić information content (AvgIpc) is 3.33. The first-order valence-electron chi connectivity index (χ1n) is 7.56. The molecule has 1 aliphatic heterocycles. The van der Waals surface area contributed by atoms with E-state index in [1.165, 1.54) is 6.07 Å². The van der Waals surface area contributed by atoms with E-state index in [0.29, 0.717) is 5.56 Å². The monoisotopic (exact) mass is 319 g/mol. The number of benzene rings is 1. The van der Waals surface area contributed by atoms with Crippen molar-refractivity contribution >= 4 is 17.8 Å². The molecule has 6 nitrogen and oxygen atoms in total. The Morgan fingerprint density at radius 2 is 2.09 bits per heavy atom. The molecule has 1 saturated heterocycles. The summed E-state index contributed by atoms with van der Waals surface area (Å²) in [5.74, 6) is -1.14. The van der Waals surface area contributed by atoms with E-state index in [2.05, 4.69) is 10.6 Å². The number of carbonyl (C=O) groups excluding carboxylic acids is 3. The molecule has 0 aromatic heterocycles. The van der Waals surface area contributed by atoms with Crippen LogP contribution in [0.2, 0.25) is 0 Å². The molecule has 1 saturated carbocycles. The highest BCUT2D eigenvalue weighted by atomic mass is 19.1. The maximum absolute atomic E-state index is 13.5. The number of amides is 4. The average molecular weight is 319 g/mol. The second-order valence-corrected chi connectivity index (χ2v) is 6.17. The van der Waals surface area contributed by atoms with Crippen LogP contribution in [0.4, 0.5) is 9.18 Å². The number of rotatable bonds is 5. The van der Waals surface area contributed by atoms with E-state index in [0.717, 1.165) is 17.7 Å². The van der Waals surface area contributed by atoms with Crippen LogP contribution in [0.15, 0.2) is 24.3 Å². The van der Waals surface area contributed by atoms with Crippen LogP contribution in [0.3, 0.4) is 0 Å². The fourth-order valence-corrected chi connectivity index (χ4v) is 2.83. The number of imide groups is 1. The summed E-state index contributed by atoms with van der Waals surface area (Å²) in [7, 11) is 0. The Morgan fingerprint density at radius 3 is 2.74 bits per heavy atom. The molecule has 1 aromatic carbocycles. The van der Waals surface area contributed by atoms with Crippen molar-refractivity contribution in [2.75, 3.05) is 6.54 Å². The van der Waals surface area contributed by atoms with E-state index in [4.69, 9.17) is 0 Å². The minimum Gasteiger partial charge on any atom is -0.350 e. The summed E-state index contributed by atoms with van der Waals surface area (Å²) < 4.78 is 13.5. The lowest BCUT2D eigenvalue weighted by molar-refractivity contribution is -0.135. The number of nitrogens with one attached hydrogen (secondary N) is 2. The topological polar surface area (TPSA) is 78.5 Å². The van der Waals surface area contributed by atoms with E-state index in [-0.39, 0.29) is 24.9 Å². The molecule has 2 N–H and O–H groups in total. The summed E-state index contributed by atoms with van der Waals surface area (Å²) in [6.07, 6.45) is 1.80. The molecule has 23 heavy (non-hydrogen) atoms. The molecule has 0 radical (unpaired) electrons. The van der Waals surface area contributed by atoms with Gasteiger partial charge in [-0.25, -0.2) is 9.18 Å². The number of nitrogens with zero attached hydrogens (tertiary/aromatic N) is 1. The van der Waals surface area contributed by atoms with E-state index in [1.807, 2.05) is 0 Å². The predicted molar refractivity (Wildman–Crippen MR) is 79.6 cm³/mol. The number of halogens is 1. The predicted octanol–water partition coefficient (Wildman–Crippen LogP) is 1.16. The van der Waals surface area contributed by atoms with Crippen molar-refractivity contribution in [1.82, 2.24) is 15.5 Å². The van der Waals surface area contributed by atoms with E-state index in [1.54, 1.807) is 25.1 Å². The SMILES string of the molecule is C[C@]1(C2CC2)NC(=O)N(CC(=O)NCc2ccccc2F)C1=O. The molecular formula is C16H18FN3O3. The summed E-state index contributed by atoms with van der Waals surface area (Å²) in [5, 5.41) is 5.20. The number of carbonyl (C=O) groups is 3. The Hall–Kier alpha value is -2.44. The summed E-state index contributed by atoms with van der Waals surface area (Å²) in [5.41, 5.74) is -0.552. The van der Waals surface area contributed by atoms with Crippen LogP contribution >= 0.6 is 0 Å². The van der Waals surface area contributed by atoms with Crippen molar-refractivity contribution in [1.29, 1.82) is 0 Å². The van der Waals surface area contributed by atoms with Gasteiger partial charge < -0.3 is 10.6 Å². The van der Waals surface area contributed by atoms with Gasteiger partial charge in [-0.2, -0.15) is 0 Å². The van der Waals surface area contributed by atoms with Crippen LogP contribution < -0.4 is 10.6 Å². The van der Waals surface area contributed by atoms with Gasteiger partial charge in [-0.3, -0.25) is 14.5 Å². The van der Waals surface area contributed by atoms with Crippen LogP contribution in [0.25, 0.3) is 0 Å². The van der Waals surface area contributed by atoms with Crippen molar-refractivity contribution in [3.63, 3.8) is 0 Å². The second kappa shape index (κ2) is 5.64. The van der Waals surface area contributed by atoms with Crippen molar-refractivity contribution in [2.24, 2.45) is 5.92 Å². The molecule has 4 amide bonds. The number of hydrogen-bond donors (Lipinski definition) is 2. The largest absolute Gasteiger partial charge is 0.350 e. The third kappa shape index (κ3) is 2.91. The van der Waals surface area contributed by atoms with Crippen LogP contribution in [0, 0.1) is 11.7 Å². The van der Waals surface area contributed by atoms with Gasteiger partial charge in [-0.05, 0) is 31.7 Å². The molecule has 0 unspecified atom stereocenters. The molecule has 7 heteroatoms. The molecule has 122 valence electrons. The van der Waals surface area contributed by atoms with Gasteiger partial charge in [0.2, 0.25) is 5.91 Å². The van der Waals surface area contributed by atoms with Gasteiger partial charge >= 0.3 is 6.03 Å². The highest BCUT2D eigenvalue weighted by Crippen LogP contribution is 2.42. The molecule has 1 heterocycles. The third-order valence-electron chi connectivity index (χ3n) is 4.43.